The molecular formula is C10H16N2O3. The summed E-state index contributed by atoms with van der Waals surface area (Å²) in [6.07, 6.45) is 1.26. The molecule has 0 fully saturated rings. The van der Waals surface area contributed by atoms with E-state index in [1.54, 1.807) is 12.1 Å². The van der Waals surface area contributed by atoms with E-state index in [9.17, 15) is 9.90 Å². The second-order valence-corrected chi connectivity index (χ2v) is 2.65. The molecule has 0 saturated carbocycles. The number of aliphatic hydroxyl groups is 1. The molecule has 0 bridgehead atoms. The van der Waals surface area contributed by atoms with Crippen LogP contribution in [0.3, 0.4) is 0 Å². The molecule has 0 aliphatic rings. The number of phenols is 1. The Bertz CT molecular complexity index is 303. The molecule has 15 heavy (non-hydrogen) atoms. The van der Waals surface area contributed by atoms with Gasteiger partial charge < -0.3 is 21.3 Å². The van der Waals surface area contributed by atoms with E-state index in [0.29, 0.717) is 18.6 Å². The number of aromatic hydroxyl groups is 1. The molecule has 0 atom stereocenters. The van der Waals surface area contributed by atoms with Crippen molar-refractivity contribution in [3.8, 4) is 5.75 Å². The molecule has 0 aliphatic heterocycles. The van der Waals surface area contributed by atoms with E-state index in [1.165, 1.54) is 6.07 Å². The summed E-state index contributed by atoms with van der Waals surface area (Å²) in [6, 6.07) is 5.02. The van der Waals surface area contributed by atoms with Crippen molar-refractivity contribution in [2.24, 2.45) is 5.73 Å². The van der Waals surface area contributed by atoms with E-state index in [-0.39, 0.29) is 5.75 Å². The molecule has 0 unspecified atom stereocenters. The Labute approximate surface area is 88.5 Å². The summed E-state index contributed by atoms with van der Waals surface area (Å²) in [7, 11) is 1.00. The summed E-state index contributed by atoms with van der Waals surface area (Å²) in [5.41, 5.74) is 6.78. The molecule has 0 saturated heterocycles. The number of hydrogen-bond acceptors (Lipinski definition) is 4. The first-order chi connectivity index (χ1) is 7.27. The highest BCUT2D eigenvalue weighted by molar-refractivity contribution is 5.75. The lowest BCUT2D eigenvalue weighted by Gasteiger charge is -2.05. The molecule has 1 amide bonds. The van der Waals surface area contributed by atoms with Gasteiger partial charge in [0, 0.05) is 7.11 Å². The summed E-state index contributed by atoms with van der Waals surface area (Å²) in [6.45, 7) is 0.547. The second-order valence-electron chi connectivity index (χ2n) is 2.65. The average Bonchev–Trinajstić information content (AvgIpc) is 2.27. The molecule has 0 aromatic heterocycles. The van der Waals surface area contributed by atoms with Crippen LogP contribution in [0, 0.1) is 0 Å². The summed E-state index contributed by atoms with van der Waals surface area (Å²) in [5, 5.41) is 18.7. The molecule has 5 heteroatoms. The molecule has 5 nitrogen and oxygen atoms in total. The molecule has 1 rings (SSSR count). The Morgan fingerprint density at radius 1 is 1.47 bits per heavy atom. The molecule has 0 heterocycles. The minimum absolute atomic E-state index is 0.0628. The van der Waals surface area contributed by atoms with Gasteiger partial charge in [0.05, 0.1) is 5.69 Å². The lowest BCUT2D eigenvalue weighted by molar-refractivity contribution is -0.105. The zero-order valence-corrected chi connectivity index (χ0v) is 8.60. The van der Waals surface area contributed by atoms with Crippen LogP contribution in [-0.2, 0) is 11.2 Å². The van der Waals surface area contributed by atoms with Gasteiger partial charge in [-0.1, -0.05) is 6.07 Å². The van der Waals surface area contributed by atoms with Crippen LogP contribution in [0.25, 0.3) is 0 Å². The predicted molar refractivity (Wildman–Crippen MR) is 58.7 cm³/mol. The first-order valence-corrected chi connectivity index (χ1v) is 4.45. The number of amides is 1. The largest absolute Gasteiger partial charge is 0.506 e. The Kier molecular flexibility index (Phi) is 6.96. The van der Waals surface area contributed by atoms with Gasteiger partial charge in [-0.3, -0.25) is 4.79 Å². The molecule has 1 aromatic carbocycles. The van der Waals surface area contributed by atoms with Crippen molar-refractivity contribution in [1.29, 1.82) is 0 Å². The topological polar surface area (TPSA) is 95.6 Å². The summed E-state index contributed by atoms with van der Waals surface area (Å²) < 4.78 is 0. The zero-order chi connectivity index (χ0) is 11.7. The molecule has 5 N–H and O–H groups in total. The third-order valence-corrected chi connectivity index (χ3v) is 1.71. The monoisotopic (exact) mass is 212 g/mol. The van der Waals surface area contributed by atoms with Gasteiger partial charge in [-0.25, -0.2) is 0 Å². The number of rotatable bonds is 4. The van der Waals surface area contributed by atoms with Crippen molar-refractivity contribution in [2.45, 2.75) is 6.42 Å². The van der Waals surface area contributed by atoms with Gasteiger partial charge in [0.25, 0.3) is 0 Å². The molecular weight excluding hydrogens is 196 g/mol. The average molecular weight is 212 g/mol. The van der Waals surface area contributed by atoms with Crippen LogP contribution in [0.1, 0.15) is 5.56 Å². The fourth-order valence-electron chi connectivity index (χ4n) is 1.08. The van der Waals surface area contributed by atoms with E-state index < -0.39 is 0 Å². The van der Waals surface area contributed by atoms with Gasteiger partial charge in [-0.05, 0) is 30.7 Å². The maximum Gasteiger partial charge on any atom is 0.211 e. The third-order valence-electron chi connectivity index (χ3n) is 1.71. The third kappa shape index (κ3) is 4.44. The number of hydrogen-bond donors (Lipinski definition) is 4. The number of nitrogens with one attached hydrogen (secondary N) is 1. The van der Waals surface area contributed by atoms with E-state index in [1.807, 2.05) is 0 Å². The fraction of sp³-hybridized carbons (Fsp3) is 0.300. The molecule has 1 aromatic rings. The van der Waals surface area contributed by atoms with Crippen molar-refractivity contribution >= 4 is 12.1 Å². The van der Waals surface area contributed by atoms with Crippen molar-refractivity contribution in [1.82, 2.24) is 0 Å². The Morgan fingerprint density at radius 3 is 2.67 bits per heavy atom. The van der Waals surface area contributed by atoms with Crippen LogP contribution in [0.2, 0.25) is 0 Å². The number of benzene rings is 1. The Morgan fingerprint density at radius 2 is 2.13 bits per heavy atom. The van der Waals surface area contributed by atoms with Gasteiger partial charge in [0.1, 0.15) is 5.75 Å². The first-order valence-electron chi connectivity index (χ1n) is 4.45. The van der Waals surface area contributed by atoms with E-state index in [0.717, 1.165) is 19.1 Å². The number of nitrogens with two attached hydrogens (primary N) is 1. The molecule has 0 aliphatic carbocycles. The van der Waals surface area contributed by atoms with Gasteiger partial charge in [-0.2, -0.15) is 0 Å². The Hall–Kier alpha value is -1.59. The SMILES string of the molecule is CO.NCCc1ccc(O)c(NC=O)c1. The number of carbonyl (C=O) groups excluding carboxylic acids is 1. The van der Waals surface area contributed by atoms with Crippen LogP contribution in [0.15, 0.2) is 18.2 Å². The molecule has 0 spiro atoms. The van der Waals surface area contributed by atoms with E-state index >= 15 is 0 Å². The predicted octanol–water partition coefficient (Wildman–Crippen LogP) is 0.0702. The van der Waals surface area contributed by atoms with Crippen molar-refractivity contribution in [2.75, 3.05) is 19.0 Å². The number of phenolic OH excluding ortho intramolecular Hbond substituents is 1. The van der Waals surface area contributed by atoms with Crippen molar-refractivity contribution in [3.63, 3.8) is 0 Å². The summed E-state index contributed by atoms with van der Waals surface area (Å²) in [5.74, 6) is 0.0628. The van der Waals surface area contributed by atoms with Gasteiger partial charge in [0.15, 0.2) is 0 Å². The minimum Gasteiger partial charge on any atom is -0.506 e. The highest BCUT2D eigenvalue weighted by atomic mass is 16.3. The number of aliphatic hydroxyl groups excluding tert-OH is 1. The maximum atomic E-state index is 10.1. The van der Waals surface area contributed by atoms with Gasteiger partial charge in [0.2, 0.25) is 6.41 Å². The quantitative estimate of drug-likeness (QED) is 0.419. The highest BCUT2D eigenvalue weighted by Crippen LogP contribution is 2.23. The van der Waals surface area contributed by atoms with E-state index in [2.05, 4.69) is 5.32 Å². The lowest BCUT2D eigenvalue weighted by Crippen LogP contribution is -2.03. The minimum atomic E-state index is 0.0628. The van der Waals surface area contributed by atoms with Crippen molar-refractivity contribution in [3.05, 3.63) is 23.8 Å². The van der Waals surface area contributed by atoms with Crippen LogP contribution in [0.5, 0.6) is 5.75 Å². The summed E-state index contributed by atoms with van der Waals surface area (Å²) >= 11 is 0. The van der Waals surface area contributed by atoms with Gasteiger partial charge >= 0.3 is 0 Å². The smallest absolute Gasteiger partial charge is 0.211 e. The van der Waals surface area contributed by atoms with Crippen LogP contribution < -0.4 is 11.1 Å². The number of anilines is 1. The van der Waals surface area contributed by atoms with Crippen LogP contribution >= 0.6 is 0 Å². The number of carbonyl (C=O) groups is 1. The van der Waals surface area contributed by atoms with E-state index in [4.69, 9.17) is 10.8 Å². The normalized spacial score (nSPS) is 8.73. The van der Waals surface area contributed by atoms with Crippen molar-refractivity contribution < 1.29 is 15.0 Å². The standard InChI is InChI=1S/C9H12N2O2.CH4O/c10-4-3-7-1-2-9(13)8(5-7)11-6-12;1-2/h1-2,5-6,13H,3-4,10H2,(H,11,12);2H,1H3. The van der Waals surface area contributed by atoms with Crippen LogP contribution in [-0.4, -0.2) is 30.3 Å². The maximum absolute atomic E-state index is 10.1. The fourth-order valence-corrected chi connectivity index (χ4v) is 1.08. The highest BCUT2D eigenvalue weighted by Gasteiger charge is 2.00. The Balaban J connectivity index is 0.000000921. The lowest BCUT2D eigenvalue weighted by atomic mass is 10.1. The second kappa shape index (κ2) is 7.78. The molecule has 0 radical (unpaired) electrons. The molecule has 84 valence electrons. The zero-order valence-electron chi connectivity index (χ0n) is 8.60. The summed E-state index contributed by atoms with van der Waals surface area (Å²) in [4.78, 5) is 10.1. The van der Waals surface area contributed by atoms with Crippen LogP contribution in [0.4, 0.5) is 5.69 Å². The first kappa shape index (κ1) is 13.4. The van der Waals surface area contributed by atoms with Gasteiger partial charge in [-0.15, -0.1) is 0 Å².